The molecule has 1 aromatic rings. The highest BCUT2D eigenvalue weighted by Gasteiger charge is 2.21. The third-order valence-corrected chi connectivity index (χ3v) is 3.39. The molecule has 0 saturated heterocycles. The maximum Gasteiger partial charge on any atom is 0.0271 e. The van der Waals surface area contributed by atoms with Crippen molar-refractivity contribution in [3.05, 3.63) is 30.1 Å². The molecule has 0 atom stereocenters. The van der Waals surface area contributed by atoms with Crippen molar-refractivity contribution in [2.45, 2.75) is 38.3 Å². The Kier molecular flexibility index (Phi) is 4.31. The summed E-state index contributed by atoms with van der Waals surface area (Å²) in [5, 5.41) is 0. The van der Waals surface area contributed by atoms with Gasteiger partial charge in [0.05, 0.1) is 0 Å². The second-order valence-electron chi connectivity index (χ2n) is 4.55. The van der Waals surface area contributed by atoms with Gasteiger partial charge in [-0.1, -0.05) is 12.8 Å². The lowest BCUT2D eigenvalue weighted by Crippen LogP contribution is -2.36. The Morgan fingerprint density at radius 3 is 2.56 bits per heavy atom. The zero-order valence-corrected chi connectivity index (χ0v) is 9.81. The average molecular weight is 219 g/mol. The second-order valence-corrected chi connectivity index (χ2v) is 4.55. The maximum atomic E-state index is 5.70. The van der Waals surface area contributed by atoms with E-state index in [4.69, 9.17) is 5.73 Å². The zero-order valence-electron chi connectivity index (χ0n) is 9.81. The predicted octanol–water partition coefficient (Wildman–Crippen LogP) is 1.78. The van der Waals surface area contributed by atoms with Gasteiger partial charge in [0, 0.05) is 38.1 Å². The van der Waals surface area contributed by atoms with Crippen molar-refractivity contribution in [3.8, 4) is 0 Å². The van der Waals surface area contributed by atoms with Crippen LogP contribution < -0.4 is 5.73 Å². The highest BCUT2D eigenvalue weighted by Crippen LogP contribution is 2.24. The van der Waals surface area contributed by atoms with Crippen LogP contribution in [0.3, 0.4) is 0 Å². The summed E-state index contributed by atoms with van der Waals surface area (Å²) in [4.78, 5) is 6.58. The molecule has 0 unspecified atom stereocenters. The van der Waals surface area contributed by atoms with Crippen LogP contribution in [0, 0.1) is 0 Å². The molecule has 3 heteroatoms. The first-order chi connectivity index (χ1) is 7.90. The third-order valence-electron chi connectivity index (χ3n) is 3.39. The van der Waals surface area contributed by atoms with Crippen molar-refractivity contribution in [2.24, 2.45) is 5.73 Å². The van der Waals surface area contributed by atoms with Crippen molar-refractivity contribution >= 4 is 0 Å². The normalized spacial score (nSPS) is 17.1. The van der Waals surface area contributed by atoms with E-state index in [2.05, 4.69) is 22.0 Å². The summed E-state index contributed by atoms with van der Waals surface area (Å²) in [6.45, 7) is 2.78. The van der Waals surface area contributed by atoms with E-state index >= 15 is 0 Å². The van der Waals surface area contributed by atoms with Gasteiger partial charge in [0.1, 0.15) is 0 Å². The molecule has 1 saturated carbocycles. The summed E-state index contributed by atoms with van der Waals surface area (Å²) in [6.07, 6.45) is 9.16. The topological polar surface area (TPSA) is 42.1 Å². The Labute approximate surface area is 97.7 Å². The quantitative estimate of drug-likeness (QED) is 0.821. The van der Waals surface area contributed by atoms with E-state index in [1.54, 1.807) is 0 Å². The van der Waals surface area contributed by atoms with Gasteiger partial charge in [-0.05, 0) is 30.5 Å². The Balaban J connectivity index is 1.96. The van der Waals surface area contributed by atoms with Gasteiger partial charge in [-0.3, -0.25) is 9.88 Å². The molecule has 1 aromatic heterocycles. The molecule has 1 aliphatic carbocycles. The van der Waals surface area contributed by atoms with Crippen molar-refractivity contribution in [2.75, 3.05) is 13.1 Å². The lowest BCUT2D eigenvalue weighted by atomic mass is 10.1. The minimum atomic E-state index is 0.747. The van der Waals surface area contributed by atoms with Crippen molar-refractivity contribution in [1.82, 2.24) is 9.88 Å². The standard InChI is InChI=1S/C13H21N3/c14-7-10-16(13-3-1-2-4-13)11-12-5-8-15-9-6-12/h5-6,8-9,13H,1-4,7,10-11,14H2. The second kappa shape index (κ2) is 5.97. The highest BCUT2D eigenvalue weighted by atomic mass is 15.2. The number of hydrogen-bond donors (Lipinski definition) is 1. The molecule has 0 radical (unpaired) electrons. The summed E-state index contributed by atoms with van der Waals surface area (Å²) in [5.74, 6) is 0. The summed E-state index contributed by atoms with van der Waals surface area (Å²) >= 11 is 0. The van der Waals surface area contributed by atoms with E-state index in [-0.39, 0.29) is 0 Å². The number of rotatable bonds is 5. The summed E-state index contributed by atoms with van der Waals surface area (Å²) < 4.78 is 0. The molecule has 0 amide bonds. The molecule has 88 valence electrons. The van der Waals surface area contributed by atoms with Gasteiger partial charge >= 0.3 is 0 Å². The van der Waals surface area contributed by atoms with Gasteiger partial charge in [0.2, 0.25) is 0 Å². The third kappa shape index (κ3) is 3.03. The molecule has 2 rings (SSSR count). The van der Waals surface area contributed by atoms with E-state index in [0.29, 0.717) is 0 Å². The van der Waals surface area contributed by atoms with Crippen LogP contribution in [0.1, 0.15) is 31.2 Å². The van der Waals surface area contributed by atoms with Gasteiger partial charge in [-0.15, -0.1) is 0 Å². The number of hydrogen-bond acceptors (Lipinski definition) is 3. The van der Waals surface area contributed by atoms with Crippen LogP contribution in [-0.2, 0) is 6.54 Å². The van der Waals surface area contributed by atoms with Crippen LogP contribution in [0.15, 0.2) is 24.5 Å². The molecule has 3 nitrogen and oxygen atoms in total. The lowest BCUT2D eigenvalue weighted by Gasteiger charge is -2.28. The smallest absolute Gasteiger partial charge is 0.0271 e. The molecule has 1 heterocycles. The first-order valence-corrected chi connectivity index (χ1v) is 6.23. The highest BCUT2D eigenvalue weighted by molar-refractivity contribution is 5.09. The summed E-state index contributed by atoms with van der Waals surface area (Å²) in [5.41, 5.74) is 7.04. The van der Waals surface area contributed by atoms with E-state index in [0.717, 1.165) is 25.7 Å². The maximum absolute atomic E-state index is 5.70. The van der Waals surface area contributed by atoms with Crippen LogP contribution in [0.25, 0.3) is 0 Å². The fraction of sp³-hybridized carbons (Fsp3) is 0.615. The molecule has 16 heavy (non-hydrogen) atoms. The van der Waals surface area contributed by atoms with Gasteiger partial charge < -0.3 is 5.73 Å². The SMILES string of the molecule is NCCN(Cc1ccncc1)C1CCCC1. The minimum absolute atomic E-state index is 0.747. The number of aromatic nitrogens is 1. The van der Waals surface area contributed by atoms with Gasteiger partial charge in [-0.2, -0.15) is 0 Å². The molecule has 1 fully saturated rings. The molecule has 0 aliphatic heterocycles. The van der Waals surface area contributed by atoms with E-state index < -0.39 is 0 Å². The first kappa shape index (κ1) is 11.6. The zero-order chi connectivity index (χ0) is 11.2. The molecule has 0 spiro atoms. The molecule has 2 N–H and O–H groups in total. The first-order valence-electron chi connectivity index (χ1n) is 6.23. The Hall–Kier alpha value is -0.930. The van der Waals surface area contributed by atoms with Gasteiger partial charge in [0.25, 0.3) is 0 Å². The van der Waals surface area contributed by atoms with Crippen LogP contribution in [0.5, 0.6) is 0 Å². The number of nitrogens with two attached hydrogens (primary N) is 1. The molecule has 0 bridgehead atoms. The van der Waals surface area contributed by atoms with Crippen molar-refractivity contribution in [3.63, 3.8) is 0 Å². The summed E-state index contributed by atoms with van der Waals surface area (Å²) in [7, 11) is 0. The molecular weight excluding hydrogens is 198 g/mol. The largest absolute Gasteiger partial charge is 0.329 e. The van der Waals surface area contributed by atoms with E-state index in [1.165, 1.54) is 31.2 Å². The van der Waals surface area contributed by atoms with Crippen LogP contribution >= 0.6 is 0 Å². The van der Waals surface area contributed by atoms with E-state index in [1.807, 2.05) is 12.4 Å². The Morgan fingerprint density at radius 1 is 1.25 bits per heavy atom. The number of nitrogens with zero attached hydrogens (tertiary/aromatic N) is 2. The monoisotopic (exact) mass is 219 g/mol. The molecule has 1 aliphatic rings. The van der Waals surface area contributed by atoms with Crippen LogP contribution in [-0.4, -0.2) is 29.0 Å². The van der Waals surface area contributed by atoms with Crippen LogP contribution in [0.2, 0.25) is 0 Å². The van der Waals surface area contributed by atoms with E-state index in [9.17, 15) is 0 Å². The van der Waals surface area contributed by atoms with Crippen LogP contribution in [0.4, 0.5) is 0 Å². The minimum Gasteiger partial charge on any atom is -0.329 e. The number of pyridine rings is 1. The molecule has 0 aromatic carbocycles. The van der Waals surface area contributed by atoms with Crippen molar-refractivity contribution < 1.29 is 0 Å². The van der Waals surface area contributed by atoms with Gasteiger partial charge in [-0.25, -0.2) is 0 Å². The van der Waals surface area contributed by atoms with Crippen molar-refractivity contribution in [1.29, 1.82) is 0 Å². The lowest BCUT2D eigenvalue weighted by molar-refractivity contribution is 0.195. The fourth-order valence-electron chi connectivity index (χ4n) is 2.55. The Morgan fingerprint density at radius 2 is 1.94 bits per heavy atom. The predicted molar refractivity (Wildman–Crippen MR) is 66.0 cm³/mol. The fourth-order valence-corrected chi connectivity index (χ4v) is 2.55. The Bertz CT molecular complexity index is 293. The summed E-state index contributed by atoms with van der Waals surface area (Å²) in [6, 6.07) is 4.94. The van der Waals surface area contributed by atoms with Gasteiger partial charge in [0.15, 0.2) is 0 Å². The molecular formula is C13H21N3. The average Bonchev–Trinajstić information content (AvgIpc) is 2.83.